The van der Waals surface area contributed by atoms with Crippen LogP contribution in [0.15, 0.2) is 6.33 Å². The van der Waals surface area contributed by atoms with Gasteiger partial charge in [0.25, 0.3) is 0 Å². The number of halogens is 1. The van der Waals surface area contributed by atoms with Crippen molar-refractivity contribution in [1.82, 2.24) is 9.97 Å². The summed E-state index contributed by atoms with van der Waals surface area (Å²) < 4.78 is 5.49. The lowest BCUT2D eigenvalue weighted by Crippen LogP contribution is -2.35. The second-order valence-corrected chi connectivity index (χ2v) is 4.84. The van der Waals surface area contributed by atoms with E-state index in [-0.39, 0.29) is 0 Å². The third kappa shape index (κ3) is 2.80. The number of hydrogen-bond acceptors (Lipinski definition) is 4. The zero-order valence-electron chi connectivity index (χ0n) is 10.3. The van der Waals surface area contributed by atoms with E-state index in [1.54, 1.807) is 6.33 Å². The highest BCUT2D eigenvalue weighted by molar-refractivity contribution is 6.20. The van der Waals surface area contributed by atoms with Crippen molar-refractivity contribution in [3.8, 4) is 5.88 Å². The first-order valence-corrected chi connectivity index (χ1v) is 6.49. The molecule has 0 amide bonds. The molecule has 0 N–H and O–H groups in total. The molecule has 0 spiro atoms. The van der Waals surface area contributed by atoms with Crippen molar-refractivity contribution in [1.29, 1.82) is 0 Å². The van der Waals surface area contributed by atoms with Crippen molar-refractivity contribution in [3.05, 3.63) is 11.9 Å². The predicted molar refractivity (Wildman–Crippen MR) is 69.0 cm³/mol. The van der Waals surface area contributed by atoms with Crippen LogP contribution in [0.4, 0.5) is 5.82 Å². The molecule has 4 nitrogen and oxygen atoms in total. The number of piperidine rings is 1. The minimum absolute atomic E-state index is 0.305. The Morgan fingerprint density at radius 1 is 1.41 bits per heavy atom. The van der Waals surface area contributed by atoms with Crippen LogP contribution in [0, 0.1) is 6.92 Å². The lowest BCUT2D eigenvalue weighted by atomic mass is 10.1. The van der Waals surface area contributed by atoms with Gasteiger partial charge in [-0.05, 0) is 26.7 Å². The molecule has 0 aliphatic carbocycles. The molecule has 0 unspecified atom stereocenters. The Hall–Kier alpha value is -1.03. The van der Waals surface area contributed by atoms with Gasteiger partial charge in [-0.3, -0.25) is 0 Å². The van der Waals surface area contributed by atoms with Crippen molar-refractivity contribution in [3.63, 3.8) is 0 Å². The fourth-order valence-electron chi connectivity index (χ4n) is 2.09. The van der Waals surface area contributed by atoms with Gasteiger partial charge in [-0.25, -0.2) is 9.97 Å². The second-order valence-electron chi connectivity index (χ2n) is 4.22. The summed E-state index contributed by atoms with van der Waals surface area (Å²) in [7, 11) is 0. The molecule has 0 aromatic carbocycles. The molecule has 1 aromatic rings. The van der Waals surface area contributed by atoms with Gasteiger partial charge in [-0.15, -0.1) is 11.6 Å². The van der Waals surface area contributed by atoms with Crippen LogP contribution in [0.1, 0.15) is 25.3 Å². The molecule has 1 aliphatic rings. The third-order valence-corrected chi connectivity index (χ3v) is 3.45. The first-order valence-electron chi connectivity index (χ1n) is 6.05. The van der Waals surface area contributed by atoms with Crippen molar-refractivity contribution in [2.75, 3.05) is 24.6 Å². The van der Waals surface area contributed by atoms with Gasteiger partial charge in [-0.1, -0.05) is 0 Å². The number of alkyl halides is 1. The van der Waals surface area contributed by atoms with E-state index in [1.165, 1.54) is 0 Å². The van der Waals surface area contributed by atoms with Gasteiger partial charge in [0.2, 0.25) is 5.88 Å². The topological polar surface area (TPSA) is 38.3 Å². The van der Waals surface area contributed by atoms with Gasteiger partial charge in [0, 0.05) is 18.5 Å². The van der Waals surface area contributed by atoms with Gasteiger partial charge in [0.15, 0.2) is 0 Å². The summed E-state index contributed by atoms with van der Waals surface area (Å²) in [5.74, 6) is 1.66. The SMILES string of the molecule is CCOc1ncnc(N2CCC(Cl)CC2)c1C. The predicted octanol–water partition coefficient (Wildman–Crippen LogP) is 2.39. The first-order chi connectivity index (χ1) is 8.22. The Kier molecular flexibility index (Phi) is 4.05. The molecule has 1 saturated heterocycles. The molecule has 0 radical (unpaired) electrons. The van der Waals surface area contributed by atoms with E-state index >= 15 is 0 Å². The van der Waals surface area contributed by atoms with E-state index in [9.17, 15) is 0 Å². The molecule has 1 aromatic heterocycles. The fraction of sp³-hybridized carbons (Fsp3) is 0.667. The summed E-state index contributed by atoms with van der Waals surface area (Å²) >= 11 is 6.11. The van der Waals surface area contributed by atoms with Crippen molar-refractivity contribution in [2.24, 2.45) is 0 Å². The van der Waals surface area contributed by atoms with E-state index in [1.807, 2.05) is 13.8 Å². The zero-order valence-corrected chi connectivity index (χ0v) is 11.1. The van der Waals surface area contributed by atoms with Crippen LogP contribution in [-0.4, -0.2) is 35.0 Å². The summed E-state index contributed by atoms with van der Waals surface area (Å²) in [5, 5.41) is 0.305. The summed E-state index contributed by atoms with van der Waals surface area (Å²) in [4.78, 5) is 10.8. The molecule has 0 bridgehead atoms. The molecule has 2 heterocycles. The largest absolute Gasteiger partial charge is 0.478 e. The Labute approximate surface area is 107 Å². The van der Waals surface area contributed by atoms with Crippen LogP contribution in [0.25, 0.3) is 0 Å². The lowest BCUT2D eigenvalue weighted by molar-refractivity contribution is 0.323. The minimum Gasteiger partial charge on any atom is -0.478 e. The van der Waals surface area contributed by atoms with Gasteiger partial charge in [0.1, 0.15) is 12.1 Å². The highest BCUT2D eigenvalue weighted by atomic mass is 35.5. The molecule has 2 rings (SSSR count). The van der Waals surface area contributed by atoms with Gasteiger partial charge < -0.3 is 9.64 Å². The highest BCUT2D eigenvalue weighted by Gasteiger charge is 2.21. The zero-order chi connectivity index (χ0) is 12.3. The number of hydrogen-bond donors (Lipinski definition) is 0. The minimum atomic E-state index is 0.305. The van der Waals surface area contributed by atoms with Crippen LogP contribution in [0.3, 0.4) is 0 Å². The lowest BCUT2D eigenvalue weighted by Gasteiger charge is -2.31. The van der Waals surface area contributed by atoms with E-state index < -0.39 is 0 Å². The van der Waals surface area contributed by atoms with E-state index in [0.29, 0.717) is 17.9 Å². The van der Waals surface area contributed by atoms with Gasteiger partial charge >= 0.3 is 0 Å². The summed E-state index contributed by atoms with van der Waals surface area (Å²) in [5.41, 5.74) is 1.02. The number of anilines is 1. The Morgan fingerprint density at radius 3 is 2.76 bits per heavy atom. The standard InChI is InChI=1S/C12H18ClN3O/c1-3-17-12-9(2)11(14-8-15-12)16-6-4-10(13)5-7-16/h8,10H,3-7H2,1-2H3. The highest BCUT2D eigenvalue weighted by Crippen LogP contribution is 2.27. The van der Waals surface area contributed by atoms with Crippen LogP contribution in [0.2, 0.25) is 0 Å². The average Bonchev–Trinajstić information content (AvgIpc) is 2.34. The van der Waals surface area contributed by atoms with E-state index in [4.69, 9.17) is 16.3 Å². The molecular weight excluding hydrogens is 238 g/mol. The fourth-order valence-corrected chi connectivity index (χ4v) is 2.28. The summed E-state index contributed by atoms with van der Waals surface area (Å²) in [6, 6.07) is 0. The molecule has 0 saturated carbocycles. The third-order valence-electron chi connectivity index (χ3n) is 3.02. The molecule has 17 heavy (non-hydrogen) atoms. The Bertz CT molecular complexity index is 378. The first kappa shape index (κ1) is 12.4. The molecule has 1 fully saturated rings. The smallest absolute Gasteiger partial charge is 0.221 e. The van der Waals surface area contributed by atoms with Crippen molar-refractivity contribution < 1.29 is 4.74 Å². The molecular formula is C12H18ClN3O. The molecule has 0 atom stereocenters. The number of aromatic nitrogens is 2. The Balaban J connectivity index is 2.17. The summed E-state index contributed by atoms with van der Waals surface area (Å²) in [6.45, 7) is 6.50. The van der Waals surface area contributed by atoms with Crippen LogP contribution >= 0.6 is 11.6 Å². The molecule has 5 heteroatoms. The van der Waals surface area contributed by atoms with Crippen molar-refractivity contribution in [2.45, 2.75) is 32.1 Å². The monoisotopic (exact) mass is 255 g/mol. The van der Waals surface area contributed by atoms with Crippen LogP contribution in [-0.2, 0) is 0 Å². The van der Waals surface area contributed by atoms with Gasteiger partial charge in [0.05, 0.1) is 12.2 Å². The number of ether oxygens (including phenoxy) is 1. The van der Waals surface area contributed by atoms with E-state index in [2.05, 4.69) is 14.9 Å². The molecule has 1 aliphatic heterocycles. The van der Waals surface area contributed by atoms with Gasteiger partial charge in [-0.2, -0.15) is 0 Å². The quantitative estimate of drug-likeness (QED) is 0.778. The number of nitrogens with zero attached hydrogens (tertiary/aromatic N) is 3. The Morgan fingerprint density at radius 2 is 2.12 bits per heavy atom. The summed E-state index contributed by atoms with van der Waals surface area (Å²) in [6.07, 6.45) is 3.59. The van der Waals surface area contributed by atoms with Crippen LogP contribution in [0.5, 0.6) is 5.88 Å². The molecule has 94 valence electrons. The maximum Gasteiger partial charge on any atom is 0.221 e. The second kappa shape index (κ2) is 5.54. The van der Waals surface area contributed by atoms with Crippen LogP contribution < -0.4 is 9.64 Å². The maximum absolute atomic E-state index is 6.11. The van der Waals surface area contributed by atoms with E-state index in [0.717, 1.165) is 37.3 Å². The number of rotatable bonds is 3. The normalized spacial score (nSPS) is 17.2. The maximum atomic E-state index is 6.11. The average molecular weight is 256 g/mol. The van der Waals surface area contributed by atoms with Crippen molar-refractivity contribution >= 4 is 17.4 Å².